The molecule has 0 saturated heterocycles. The third-order valence-corrected chi connectivity index (χ3v) is 8.05. The van der Waals surface area contributed by atoms with Crippen molar-refractivity contribution in [2.45, 2.75) is 49.9 Å². The highest BCUT2D eigenvalue weighted by molar-refractivity contribution is 8.00. The number of thioether (sulfide) groups is 1. The first-order valence-corrected chi connectivity index (χ1v) is 12.8. The van der Waals surface area contributed by atoms with Crippen molar-refractivity contribution in [2.24, 2.45) is 0 Å². The first-order valence-electron chi connectivity index (χ1n) is 11.1. The minimum absolute atomic E-state index is 0.129. The van der Waals surface area contributed by atoms with Crippen molar-refractivity contribution in [3.8, 4) is 11.4 Å². The van der Waals surface area contributed by atoms with Gasteiger partial charge < -0.3 is 14.6 Å². The third kappa shape index (κ3) is 4.12. The van der Waals surface area contributed by atoms with Crippen molar-refractivity contribution >= 4 is 45.0 Å². The Labute approximate surface area is 204 Å². The van der Waals surface area contributed by atoms with Crippen LogP contribution in [-0.2, 0) is 17.6 Å². The number of rotatable bonds is 6. The van der Waals surface area contributed by atoms with Crippen LogP contribution in [0.3, 0.4) is 0 Å². The number of aryl methyl sites for hydroxylation is 3. The van der Waals surface area contributed by atoms with Crippen LogP contribution in [-0.4, -0.2) is 33.0 Å². The zero-order valence-electron chi connectivity index (χ0n) is 19.1. The fraction of sp³-hybridized carbons (Fsp3) is 0.333. The second kappa shape index (κ2) is 9.27. The molecular formula is C24H24N4O4S2. The smallest absolute Gasteiger partial charge is 0.267 e. The van der Waals surface area contributed by atoms with E-state index in [9.17, 15) is 9.59 Å². The monoisotopic (exact) mass is 496 g/mol. The van der Waals surface area contributed by atoms with Crippen LogP contribution in [0.15, 0.2) is 44.8 Å². The minimum Gasteiger partial charge on any atom is -0.495 e. The van der Waals surface area contributed by atoms with Crippen LogP contribution in [0.2, 0.25) is 0 Å². The van der Waals surface area contributed by atoms with E-state index >= 15 is 0 Å². The summed E-state index contributed by atoms with van der Waals surface area (Å²) in [5.74, 6) is 1.26. The average Bonchev–Trinajstić information content (AvgIpc) is 3.41. The molecule has 3 heterocycles. The zero-order chi connectivity index (χ0) is 23.8. The van der Waals surface area contributed by atoms with Crippen LogP contribution in [0, 0.1) is 6.92 Å². The van der Waals surface area contributed by atoms with Gasteiger partial charge in [-0.15, -0.1) is 11.3 Å². The van der Waals surface area contributed by atoms with Crippen LogP contribution < -0.4 is 15.6 Å². The van der Waals surface area contributed by atoms with Gasteiger partial charge in [-0.05, 0) is 57.2 Å². The number of benzene rings is 1. The maximum Gasteiger partial charge on any atom is 0.267 e. The molecule has 0 spiro atoms. The molecule has 0 fully saturated rings. The molecule has 1 aliphatic rings. The average molecular weight is 497 g/mol. The van der Waals surface area contributed by atoms with Gasteiger partial charge in [-0.25, -0.2) is 4.98 Å². The first kappa shape index (κ1) is 22.7. The van der Waals surface area contributed by atoms with E-state index < -0.39 is 5.25 Å². The molecule has 0 aliphatic heterocycles. The van der Waals surface area contributed by atoms with Crippen LogP contribution in [0.25, 0.3) is 15.9 Å². The van der Waals surface area contributed by atoms with E-state index in [-0.39, 0.29) is 11.5 Å². The highest BCUT2D eigenvalue weighted by Crippen LogP contribution is 2.36. The molecule has 4 aromatic rings. The number of carbonyl (C=O) groups excluding carboxylic acids is 1. The summed E-state index contributed by atoms with van der Waals surface area (Å²) in [5, 5.41) is 7.16. The molecule has 0 bridgehead atoms. The Kier molecular flexibility index (Phi) is 6.18. The molecule has 34 heavy (non-hydrogen) atoms. The first-order chi connectivity index (χ1) is 16.5. The minimum atomic E-state index is -0.545. The highest BCUT2D eigenvalue weighted by atomic mass is 32.2. The lowest BCUT2D eigenvalue weighted by Gasteiger charge is -2.17. The molecule has 0 radical (unpaired) electrons. The predicted molar refractivity (Wildman–Crippen MR) is 134 cm³/mol. The Bertz CT molecular complexity index is 1440. The number of methoxy groups -OCH3 is 1. The number of anilines is 1. The fourth-order valence-electron chi connectivity index (χ4n) is 4.16. The number of nitrogens with one attached hydrogen (secondary N) is 1. The van der Waals surface area contributed by atoms with E-state index in [1.165, 1.54) is 16.6 Å². The molecule has 1 N–H and O–H groups in total. The molecule has 176 valence electrons. The molecule has 5 rings (SSSR count). The van der Waals surface area contributed by atoms with Crippen LogP contribution >= 0.6 is 23.1 Å². The lowest BCUT2D eigenvalue weighted by molar-refractivity contribution is -0.115. The number of fused-ring (bicyclic) bond motifs is 3. The summed E-state index contributed by atoms with van der Waals surface area (Å²) in [5.41, 5.74) is 1.59. The van der Waals surface area contributed by atoms with Gasteiger partial charge in [-0.1, -0.05) is 29.1 Å². The zero-order valence-corrected chi connectivity index (χ0v) is 20.7. The normalized spacial score (nSPS) is 14.1. The molecule has 3 aromatic heterocycles. The molecule has 1 amide bonds. The number of carbonyl (C=O) groups is 1. The van der Waals surface area contributed by atoms with Crippen molar-refractivity contribution < 1.29 is 14.1 Å². The van der Waals surface area contributed by atoms with Gasteiger partial charge in [-0.2, -0.15) is 0 Å². The Morgan fingerprint density at radius 1 is 1.29 bits per heavy atom. The molecule has 1 aliphatic carbocycles. The molecule has 10 heteroatoms. The van der Waals surface area contributed by atoms with E-state index in [2.05, 4.69) is 10.5 Å². The van der Waals surface area contributed by atoms with Gasteiger partial charge in [0.25, 0.3) is 5.56 Å². The van der Waals surface area contributed by atoms with E-state index in [0.29, 0.717) is 33.6 Å². The van der Waals surface area contributed by atoms with E-state index in [4.69, 9.17) is 14.2 Å². The van der Waals surface area contributed by atoms with Crippen molar-refractivity contribution in [1.82, 2.24) is 14.7 Å². The van der Waals surface area contributed by atoms with Gasteiger partial charge >= 0.3 is 0 Å². The number of hydrogen-bond acceptors (Lipinski definition) is 8. The molecule has 0 saturated carbocycles. The van der Waals surface area contributed by atoms with Gasteiger partial charge in [0, 0.05) is 10.9 Å². The van der Waals surface area contributed by atoms with E-state index in [1.54, 1.807) is 42.9 Å². The summed E-state index contributed by atoms with van der Waals surface area (Å²) < 4.78 is 12.2. The number of amides is 1. The number of thiophene rings is 1. The Morgan fingerprint density at radius 2 is 2.09 bits per heavy atom. The Morgan fingerprint density at radius 3 is 2.85 bits per heavy atom. The number of aromatic nitrogens is 3. The summed E-state index contributed by atoms with van der Waals surface area (Å²) in [6.07, 6.45) is 4.06. The molecule has 1 unspecified atom stereocenters. The summed E-state index contributed by atoms with van der Waals surface area (Å²) in [7, 11) is 1.57. The second-order valence-electron chi connectivity index (χ2n) is 8.17. The Balaban J connectivity index is 1.61. The molecule has 8 nitrogen and oxygen atoms in total. The third-order valence-electron chi connectivity index (χ3n) is 5.81. The molecule has 1 aromatic carbocycles. The molecule has 1 atom stereocenters. The van der Waals surface area contributed by atoms with Gasteiger partial charge in [0.1, 0.15) is 16.3 Å². The Hall–Kier alpha value is -3.11. The van der Waals surface area contributed by atoms with E-state index in [1.807, 2.05) is 24.3 Å². The van der Waals surface area contributed by atoms with Gasteiger partial charge in [0.05, 0.1) is 23.4 Å². The topological polar surface area (TPSA) is 99.2 Å². The quantitative estimate of drug-likeness (QED) is 0.304. The van der Waals surface area contributed by atoms with Gasteiger partial charge in [0.15, 0.2) is 11.0 Å². The lowest BCUT2D eigenvalue weighted by atomic mass is 9.97. The predicted octanol–water partition coefficient (Wildman–Crippen LogP) is 4.75. The number of para-hydroxylation sites is 2. The number of ether oxygens (including phenoxy) is 1. The SMILES string of the molecule is COc1ccccc1-n1c(SC(C)C(=O)Nc2cc(C)on2)nc2sc3c(c2c1=O)CCCC3. The van der Waals surface area contributed by atoms with Crippen LogP contribution in [0.5, 0.6) is 5.75 Å². The second-order valence-corrected chi connectivity index (χ2v) is 10.6. The standard InChI is InChI=1S/C24H24N4O4S2/c1-13-12-19(27-32-13)25-21(29)14(2)33-24-26-22-20(15-8-4-7-11-18(15)34-22)23(30)28(24)16-9-5-6-10-17(16)31-3/h5-6,9-10,12,14H,4,7-8,11H2,1-3H3,(H,25,27,29). The lowest BCUT2D eigenvalue weighted by Crippen LogP contribution is -2.26. The van der Waals surface area contributed by atoms with Crippen LogP contribution in [0.1, 0.15) is 36.0 Å². The highest BCUT2D eigenvalue weighted by Gasteiger charge is 2.26. The summed E-state index contributed by atoms with van der Waals surface area (Å²) in [6.45, 7) is 3.53. The van der Waals surface area contributed by atoms with Gasteiger partial charge in [0.2, 0.25) is 5.91 Å². The van der Waals surface area contributed by atoms with Crippen molar-refractivity contribution in [3.05, 3.63) is 56.9 Å². The van der Waals surface area contributed by atoms with Gasteiger partial charge in [-0.3, -0.25) is 14.2 Å². The number of nitrogens with zero attached hydrogens (tertiary/aromatic N) is 3. The van der Waals surface area contributed by atoms with Crippen molar-refractivity contribution in [3.63, 3.8) is 0 Å². The molecular weight excluding hydrogens is 472 g/mol. The largest absolute Gasteiger partial charge is 0.495 e. The summed E-state index contributed by atoms with van der Waals surface area (Å²) in [4.78, 5) is 33.7. The summed E-state index contributed by atoms with van der Waals surface area (Å²) in [6, 6.07) is 9.01. The van der Waals surface area contributed by atoms with E-state index in [0.717, 1.165) is 36.1 Å². The van der Waals surface area contributed by atoms with Crippen molar-refractivity contribution in [2.75, 3.05) is 12.4 Å². The van der Waals surface area contributed by atoms with Crippen molar-refractivity contribution in [1.29, 1.82) is 0 Å². The fourth-order valence-corrected chi connectivity index (χ4v) is 6.38. The maximum atomic E-state index is 13.9. The number of hydrogen-bond donors (Lipinski definition) is 1. The van der Waals surface area contributed by atoms with Crippen LogP contribution in [0.4, 0.5) is 5.82 Å². The summed E-state index contributed by atoms with van der Waals surface area (Å²) >= 11 is 2.82. The maximum absolute atomic E-state index is 13.9.